The van der Waals surface area contributed by atoms with Gasteiger partial charge in [0.15, 0.2) is 0 Å². The van der Waals surface area contributed by atoms with Gasteiger partial charge in [-0.05, 0) is 37.5 Å². The smallest absolute Gasteiger partial charge is 0.404 e. The highest BCUT2D eigenvalue weighted by atomic mass is 79.9. The summed E-state index contributed by atoms with van der Waals surface area (Å²) in [6.45, 7) is 3.07. The Kier molecular flexibility index (Phi) is 6.49. The average Bonchev–Trinajstić information content (AvgIpc) is 3.00. The summed E-state index contributed by atoms with van der Waals surface area (Å²) in [7, 11) is 0. The highest BCUT2D eigenvalue weighted by Gasteiger charge is 2.15. The molecule has 0 aliphatic rings. The van der Waals surface area contributed by atoms with E-state index in [0.717, 1.165) is 64.3 Å². The van der Waals surface area contributed by atoms with Crippen LogP contribution < -0.4 is 10.2 Å². The third-order valence-corrected chi connectivity index (χ3v) is 4.79. The summed E-state index contributed by atoms with van der Waals surface area (Å²) in [5.74, 6) is 0.896. The van der Waals surface area contributed by atoms with Crippen LogP contribution in [0.4, 0.5) is 4.79 Å². The first-order chi connectivity index (χ1) is 13.1. The molecule has 0 atom stereocenters. The van der Waals surface area contributed by atoms with Crippen LogP contribution in [0.1, 0.15) is 38.4 Å². The molecule has 0 radical (unpaired) electrons. The Morgan fingerprint density at radius 2 is 2.15 bits per heavy atom. The number of carbonyl (C=O) groups is 1. The predicted molar refractivity (Wildman–Crippen MR) is 108 cm³/mol. The Balaban J connectivity index is 1.86. The number of hydrogen-bond donors (Lipinski definition) is 2. The van der Waals surface area contributed by atoms with Gasteiger partial charge in [-0.2, -0.15) is 4.73 Å². The van der Waals surface area contributed by atoms with Crippen LogP contribution in [0.5, 0.6) is 0 Å². The molecule has 1 amide bonds. The lowest BCUT2D eigenvalue weighted by atomic mass is 10.2. The quantitative estimate of drug-likeness (QED) is 0.493. The van der Waals surface area contributed by atoms with Crippen molar-refractivity contribution in [1.82, 2.24) is 20.0 Å². The minimum atomic E-state index is -0.997. The molecule has 3 rings (SSSR count). The normalized spacial score (nSPS) is 11.2. The Bertz CT molecular complexity index is 941. The van der Waals surface area contributed by atoms with E-state index in [4.69, 9.17) is 14.9 Å². The number of pyridine rings is 1. The van der Waals surface area contributed by atoms with Crippen molar-refractivity contribution in [3.63, 3.8) is 0 Å². The van der Waals surface area contributed by atoms with Crippen LogP contribution in [-0.4, -0.2) is 39.0 Å². The van der Waals surface area contributed by atoms with Crippen molar-refractivity contribution in [2.45, 2.75) is 39.0 Å². The minimum absolute atomic E-state index is 0.424. The summed E-state index contributed by atoms with van der Waals surface area (Å²) in [6.07, 6.45) is 5.21. The van der Waals surface area contributed by atoms with Crippen molar-refractivity contribution in [2.75, 3.05) is 13.2 Å². The number of imidazole rings is 1. The molecular formula is C19H23BrN4O3. The van der Waals surface area contributed by atoms with Gasteiger partial charge in [-0.3, -0.25) is 4.98 Å². The van der Waals surface area contributed by atoms with E-state index in [-0.39, 0.29) is 0 Å². The van der Waals surface area contributed by atoms with E-state index in [2.05, 4.69) is 33.2 Å². The van der Waals surface area contributed by atoms with E-state index in [1.54, 1.807) is 6.20 Å². The number of halogens is 1. The number of hydrogen-bond acceptors (Lipinski definition) is 4. The van der Waals surface area contributed by atoms with E-state index < -0.39 is 6.09 Å². The maximum atomic E-state index is 10.5. The number of amides is 1. The van der Waals surface area contributed by atoms with Gasteiger partial charge in [0.1, 0.15) is 23.5 Å². The molecule has 0 unspecified atom stereocenters. The van der Waals surface area contributed by atoms with Gasteiger partial charge in [-0.25, -0.2) is 9.78 Å². The Hall–Kier alpha value is -2.35. The second-order valence-electron chi connectivity index (χ2n) is 6.35. The van der Waals surface area contributed by atoms with Gasteiger partial charge >= 0.3 is 6.09 Å². The molecule has 2 heterocycles. The molecule has 2 N–H and O–H groups in total. The summed E-state index contributed by atoms with van der Waals surface area (Å²) >= 11 is 3.49. The molecule has 0 fully saturated rings. The number of rotatable bonds is 9. The Morgan fingerprint density at radius 3 is 2.93 bits per heavy atom. The number of aryl methyl sites for hydroxylation is 1. The summed E-state index contributed by atoms with van der Waals surface area (Å²) in [5.41, 5.74) is 2.64. The molecule has 0 saturated carbocycles. The number of benzene rings is 1. The number of carboxylic acid groups (broad SMARTS) is 1. The van der Waals surface area contributed by atoms with Gasteiger partial charge in [0, 0.05) is 22.8 Å². The fourth-order valence-electron chi connectivity index (χ4n) is 2.96. The average molecular weight is 435 g/mol. The van der Waals surface area contributed by atoms with Crippen LogP contribution >= 0.6 is 15.9 Å². The third-order valence-electron chi connectivity index (χ3n) is 4.29. The lowest BCUT2D eigenvalue weighted by Crippen LogP contribution is -2.23. The van der Waals surface area contributed by atoms with Crippen LogP contribution in [-0.2, 0) is 6.42 Å². The molecule has 2 aromatic heterocycles. The van der Waals surface area contributed by atoms with E-state index in [9.17, 15) is 4.79 Å². The van der Waals surface area contributed by atoms with Crippen LogP contribution in [0.15, 0.2) is 28.9 Å². The topological polar surface area (TPSA) is 89.3 Å². The molecule has 0 spiro atoms. The van der Waals surface area contributed by atoms with Crippen molar-refractivity contribution in [2.24, 2.45) is 0 Å². The Morgan fingerprint density at radius 1 is 1.30 bits per heavy atom. The molecule has 27 heavy (non-hydrogen) atoms. The van der Waals surface area contributed by atoms with E-state index in [1.165, 1.54) is 0 Å². The first-order valence-corrected chi connectivity index (χ1v) is 9.95. The minimum Gasteiger partial charge on any atom is -0.465 e. The number of nitrogens with one attached hydrogen (secondary N) is 1. The molecule has 3 aromatic rings. The van der Waals surface area contributed by atoms with Crippen molar-refractivity contribution in [1.29, 1.82) is 0 Å². The number of nitrogens with zero attached hydrogens (tertiary/aromatic N) is 3. The van der Waals surface area contributed by atoms with Crippen molar-refractivity contribution in [3.8, 4) is 0 Å². The maximum Gasteiger partial charge on any atom is 0.404 e. The molecule has 0 aliphatic carbocycles. The molecule has 7 nitrogen and oxygen atoms in total. The summed E-state index contributed by atoms with van der Waals surface area (Å²) < 4.78 is 2.82. The van der Waals surface area contributed by atoms with Crippen molar-refractivity contribution in [3.05, 3.63) is 34.7 Å². The van der Waals surface area contributed by atoms with Crippen LogP contribution in [0.3, 0.4) is 0 Å². The number of unbranched alkanes of at least 4 members (excludes halogenated alkanes) is 2. The molecule has 144 valence electrons. The standard InChI is InChI=1S/C19H23BrN4O3/c1-2-3-6-17-23-16-12-22-15-11-13(20)7-8-14(15)18(16)24(17)27-10-5-4-9-21-19(25)26/h7-8,11-12,21H,2-6,9-10H2,1H3,(H,25,26). The largest absolute Gasteiger partial charge is 0.465 e. The highest BCUT2D eigenvalue weighted by molar-refractivity contribution is 9.10. The highest BCUT2D eigenvalue weighted by Crippen LogP contribution is 2.27. The second kappa shape index (κ2) is 9.03. The lowest BCUT2D eigenvalue weighted by molar-refractivity contribution is 0.109. The Labute approximate surface area is 165 Å². The molecule has 0 aliphatic heterocycles. The second-order valence-corrected chi connectivity index (χ2v) is 7.27. The van der Waals surface area contributed by atoms with Crippen LogP contribution in [0.2, 0.25) is 0 Å². The van der Waals surface area contributed by atoms with Crippen LogP contribution in [0.25, 0.3) is 21.9 Å². The lowest BCUT2D eigenvalue weighted by Gasteiger charge is -2.12. The zero-order valence-electron chi connectivity index (χ0n) is 15.2. The number of fused-ring (bicyclic) bond motifs is 3. The van der Waals surface area contributed by atoms with Gasteiger partial charge in [-0.1, -0.05) is 29.3 Å². The fourth-order valence-corrected chi connectivity index (χ4v) is 3.31. The van der Waals surface area contributed by atoms with Gasteiger partial charge in [0.05, 0.1) is 11.7 Å². The monoisotopic (exact) mass is 434 g/mol. The summed E-state index contributed by atoms with van der Waals surface area (Å²) in [6, 6.07) is 6.00. The number of aromatic nitrogens is 3. The fraction of sp³-hybridized carbons (Fsp3) is 0.421. The van der Waals surface area contributed by atoms with Crippen LogP contribution in [0, 0.1) is 0 Å². The van der Waals surface area contributed by atoms with Gasteiger partial charge in [0.25, 0.3) is 0 Å². The zero-order valence-corrected chi connectivity index (χ0v) is 16.8. The molecule has 8 heteroatoms. The van der Waals surface area contributed by atoms with Crippen molar-refractivity contribution >= 4 is 44.0 Å². The third kappa shape index (κ3) is 4.68. The molecule has 1 aromatic carbocycles. The molecule has 0 saturated heterocycles. The molecule has 0 bridgehead atoms. The van der Waals surface area contributed by atoms with E-state index in [1.807, 2.05) is 22.9 Å². The van der Waals surface area contributed by atoms with Gasteiger partial charge in [-0.15, -0.1) is 0 Å². The predicted octanol–water partition coefficient (Wildman–Crippen LogP) is 4.17. The van der Waals surface area contributed by atoms with E-state index >= 15 is 0 Å². The van der Waals surface area contributed by atoms with Gasteiger partial charge in [0.2, 0.25) is 0 Å². The van der Waals surface area contributed by atoms with Gasteiger partial charge < -0.3 is 15.3 Å². The maximum absolute atomic E-state index is 10.5. The zero-order chi connectivity index (χ0) is 19.2. The summed E-state index contributed by atoms with van der Waals surface area (Å²) in [4.78, 5) is 25.8. The first-order valence-electron chi connectivity index (χ1n) is 9.16. The summed E-state index contributed by atoms with van der Waals surface area (Å²) in [5, 5.41) is 12.0. The van der Waals surface area contributed by atoms with E-state index in [0.29, 0.717) is 13.2 Å². The SMILES string of the molecule is CCCCc1nc2cnc3cc(Br)ccc3c2n1OCCCCNC(=O)O. The van der Waals surface area contributed by atoms with Crippen molar-refractivity contribution < 1.29 is 14.7 Å². The first kappa shape index (κ1) is 19.4. The molecular weight excluding hydrogens is 412 g/mol.